The van der Waals surface area contributed by atoms with Crippen LogP contribution in [0, 0.1) is 10.1 Å². The Balaban J connectivity index is 2.56. The first kappa shape index (κ1) is 13.9. The number of hydrogen-bond acceptors (Lipinski definition) is 5. The van der Waals surface area contributed by atoms with Crippen LogP contribution in [-0.4, -0.2) is 26.5 Å². The number of carbonyl (C=O) groups is 1. The van der Waals surface area contributed by atoms with Gasteiger partial charge in [-0.05, 0) is 25.2 Å². The number of nitrogens with one attached hydrogen (secondary N) is 1. The first-order valence-electron chi connectivity index (χ1n) is 5.54. The zero-order chi connectivity index (χ0) is 13.8. The van der Waals surface area contributed by atoms with E-state index in [0.29, 0.717) is 0 Å². The number of ether oxygens (including phenoxy) is 1. The lowest BCUT2D eigenvalue weighted by molar-refractivity contribution is -0.389. The van der Waals surface area contributed by atoms with Gasteiger partial charge >= 0.3 is 11.9 Å². The summed E-state index contributed by atoms with van der Waals surface area (Å²) in [7, 11) is 0. The molecule has 8 heteroatoms. The minimum Gasteiger partial charge on any atom is -0.442 e. The molecule has 1 heterocycles. The highest BCUT2D eigenvalue weighted by molar-refractivity contribution is 5.76. The molecule has 1 aromatic heterocycles. The standard InChI is InChI=1S/C10H16N4O4/c1-4-6-10(2,3)18-9(15)12-13-7-5-8(11-13)14(16)17/h5,7H,4,6H2,1-3H3,(H,12,15). The van der Waals surface area contributed by atoms with E-state index in [1.165, 1.54) is 12.3 Å². The minimum atomic E-state index is -0.702. The van der Waals surface area contributed by atoms with Crippen molar-refractivity contribution in [2.45, 2.75) is 39.2 Å². The molecule has 0 aliphatic carbocycles. The number of aromatic nitrogens is 2. The van der Waals surface area contributed by atoms with Crippen LogP contribution in [0.25, 0.3) is 0 Å². The molecular weight excluding hydrogens is 240 g/mol. The molecule has 0 aliphatic rings. The highest BCUT2D eigenvalue weighted by atomic mass is 16.6. The maximum absolute atomic E-state index is 11.5. The van der Waals surface area contributed by atoms with Gasteiger partial charge in [0.25, 0.3) is 0 Å². The molecule has 0 aliphatic heterocycles. The highest BCUT2D eigenvalue weighted by Gasteiger charge is 2.22. The lowest BCUT2D eigenvalue weighted by atomic mass is 10.0. The second-order valence-corrected chi connectivity index (χ2v) is 4.39. The number of nitrogens with zero attached hydrogens (tertiary/aromatic N) is 3. The van der Waals surface area contributed by atoms with E-state index in [2.05, 4.69) is 10.5 Å². The molecule has 0 fully saturated rings. The Morgan fingerprint density at radius 2 is 2.33 bits per heavy atom. The van der Waals surface area contributed by atoms with E-state index in [1.807, 2.05) is 6.92 Å². The van der Waals surface area contributed by atoms with Crippen molar-refractivity contribution < 1.29 is 14.5 Å². The van der Waals surface area contributed by atoms with E-state index >= 15 is 0 Å². The fraction of sp³-hybridized carbons (Fsp3) is 0.600. The molecule has 8 nitrogen and oxygen atoms in total. The predicted molar refractivity (Wildman–Crippen MR) is 63.7 cm³/mol. The first-order valence-corrected chi connectivity index (χ1v) is 5.54. The Morgan fingerprint density at radius 1 is 1.67 bits per heavy atom. The van der Waals surface area contributed by atoms with Crippen LogP contribution in [0.15, 0.2) is 12.3 Å². The molecule has 1 rings (SSSR count). The zero-order valence-corrected chi connectivity index (χ0v) is 10.5. The molecule has 0 aromatic carbocycles. The average Bonchev–Trinajstić information content (AvgIpc) is 2.64. The highest BCUT2D eigenvalue weighted by Crippen LogP contribution is 2.16. The van der Waals surface area contributed by atoms with Crippen molar-refractivity contribution in [2.24, 2.45) is 0 Å². The van der Waals surface area contributed by atoms with Crippen molar-refractivity contribution >= 4 is 11.9 Å². The van der Waals surface area contributed by atoms with Crippen LogP contribution < -0.4 is 5.43 Å². The molecule has 18 heavy (non-hydrogen) atoms. The Bertz CT molecular complexity index is 441. The maximum Gasteiger partial charge on any atom is 0.429 e. The summed E-state index contributed by atoms with van der Waals surface area (Å²) in [6.07, 6.45) is 2.17. The molecule has 0 radical (unpaired) electrons. The van der Waals surface area contributed by atoms with E-state index in [9.17, 15) is 14.9 Å². The summed E-state index contributed by atoms with van der Waals surface area (Å²) in [5.74, 6) is -0.344. The topological polar surface area (TPSA) is 99.3 Å². The van der Waals surface area contributed by atoms with Gasteiger partial charge in [0.15, 0.2) is 0 Å². The van der Waals surface area contributed by atoms with Crippen LogP contribution in [0.4, 0.5) is 10.6 Å². The largest absolute Gasteiger partial charge is 0.442 e. The van der Waals surface area contributed by atoms with Crippen LogP contribution in [0.2, 0.25) is 0 Å². The van der Waals surface area contributed by atoms with Gasteiger partial charge in [-0.2, -0.15) is 5.43 Å². The smallest absolute Gasteiger partial charge is 0.429 e. The van der Waals surface area contributed by atoms with Crippen molar-refractivity contribution in [3.63, 3.8) is 0 Å². The van der Waals surface area contributed by atoms with Crippen LogP contribution in [-0.2, 0) is 4.74 Å². The van der Waals surface area contributed by atoms with E-state index in [-0.39, 0.29) is 5.82 Å². The van der Waals surface area contributed by atoms with Gasteiger partial charge in [0.2, 0.25) is 0 Å². The predicted octanol–water partition coefficient (Wildman–Crippen LogP) is 2.05. The second-order valence-electron chi connectivity index (χ2n) is 4.39. The molecule has 0 atom stereocenters. The molecule has 0 saturated carbocycles. The summed E-state index contributed by atoms with van der Waals surface area (Å²) in [4.78, 5) is 22.2. The number of hydrogen-bond donors (Lipinski definition) is 1. The second kappa shape index (κ2) is 5.48. The van der Waals surface area contributed by atoms with Crippen LogP contribution in [0.5, 0.6) is 0 Å². The maximum atomic E-state index is 11.5. The van der Waals surface area contributed by atoms with Crippen molar-refractivity contribution in [2.75, 3.05) is 5.43 Å². The lowest BCUT2D eigenvalue weighted by Gasteiger charge is -2.23. The summed E-state index contributed by atoms with van der Waals surface area (Å²) < 4.78 is 5.17. The van der Waals surface area contributed by atoms with Crippen LogP contribution in [0.3, 0.4) is 0 Å². The van der Waals surface area contributed by atoms with Gasteiger partial charge in [-0.15, -0.1) is 0 Å². The molecule has 1 aromatic rings. The Morgan fingerprint density at radius 3 is 2.83 bits per heavy atom. The van der Waals surface area contributed by atoms with E-state index in [4.69, 9.17) is 4.74 Å². The molecule has 0 saturated heterocycles. The fourth-order valence-corrected chi connectivity index (χ4v) is 1.49. The van der Waals surface area contributed by atoms with Gasteiger partial charge in [-0.1, -0.05) is 18.1 Å². The third kappa shape index (κ3) is 4.04. The molecule has 0 bridgehead atoms. The van der Waals surface area contributed by atoms with Gasteiger partial charge in [-0.25, -0.2) is 4.79 Å². The number of carbonyl (C=O) groups excluding carboxylic acids is 1. The summed E-state index contributed by atoms with van der Waals surface area (Å²) in [5, 5.41) is 13.9. The molecule has 100 valence electrons. The van der Waals surface area contributed by atoms with Crippen LogP contribution >= 0.6 is 0 Å². The monoisotopic (exact) mass is 256 g/mol. The van der Waals surface area contributed by atoms with Gasteiger partial charge < -0.3 is 14.9 Å². The summed E-state index contributed by atoms with van der Waals surface area (Å²) in [6.45, 7) is 5.57. The van der Waals surface area contributed by atoms with E-state index in [0.717, 1.165) is 17.6 Å². The average molecular weight is 256 g/mol. The van der Waals surface area contributed by atoms with E-state index < -0.39 is 16.6 Å². The number of amides is 1. The molecule has 0 unspecified atom stereocenters. The van der Waals surface area contributed by atoms with Crippen molar-refractivity contribution in [1.29, 1.82) is 0 Å². The SMILES string of the molecule is CCCC(C)(C)OC(=O)Nn1ccc([N+](=O)[O-])n1. The number of nitro groups is 1. The molecule has 1 N–H and O–H groups in total. The van der Waals surface area contributed by atoms with Crippen molar-refractivity contribution in [3.8, 4) is 0 Å². The van der Waals surface area contributed by atoms with Crippen molar-refractivity contribution in [3.05, 3.63) is 22.4 Å². The molecule has 0 spiro atoms. The lowest BCUT2D eigenvalue weighted by Crippen LogP contribution is -2.33. The summed E-state index contributed by atoms with van der Waals surface area (Å²) >= 11 is 0. The number of rotatable bonds is 5. The molecular formula is C10H16N4O4. The first-order chi connectivity index (χ1) is 8.34. The Hall–Kier alpha value is -2.12. The zero-order valence-electron chi connectivity index (χ0n) is 10.5. The summed E-state index contributed by atoms with van der Waals surface area (Å²) in [5.41, 5.74) is 1.69. The van der Waals surface area contributed by atoms with Crippen molar-refractivity contribution in [1.82, 2.24) is 9.89 Å². The van der Waals surface area contributed by atoms with Gasteiger partial charge in [-0.3, -0.25) is 0 Å². The van der Waals surface area contributed by atoms with Crippen LogP contribution in [0.1, 0.15) is 33.6 Å². The normalized spacial score (nSPS) is 11.1. The third-order valence-electron chi connectivity index (χ3n) is 2.19. The fourth-order valence-electron chi connectivity index (χ4n) is 1.49. The van der Waals surface area contributed by atoms with Gasteiger partial charge in [0.1, 0.15) is 5.60 Å². The van der Waals surface area contributed by atoms with Gasteiger partial charge in [0.05, 0.1) is 17.4 Å². The Labute approximate surface area is 104 Å². The summed E-state index contributed by atoms with van der Waals surface area (Å²) in [6, 6.07) is 1.18. The van der Waals surface area contributed by atoms with E-state index in [1.54, 1.807) is 13.8 Å². The Kier molecular flexibility index (Phi) is 4.24. The molecule has 1 amide bonds. The van der Waals surface area contributed by atoms with Gasteiger partial charge in [0, 0.05) is 0 Å². The minimum absolute atomic E-state index is 0.344. The quantitative estimate of drug-likeness (QED) is 0.642. The third-order valence-corrected chi connectivity index (χ3v) is 2.19.